The molecule has 0 heterocycles. The summed E-state index contributed by atoms with van der Waals surface area (Å²) >= 11 is 6.02. The van der Waals surface area contributed by atoms with Gasteiger partial charge in [-0.1, -0.05) is 11.6 Å². The Balaban J connectivity index is 2.19. The van der Waals surface area contributed by atoms with E-state index in [9.17, 15) is 9.59 Å². The largest absolute Gasteiger partial charge is 0.345 e. The molecule has 5 nitrogen and oxygen atoms in total. The average molecular weight is 296 g/mol. The van der Waals surface area contributed by atoms with Gasteiger partial charge >= 0.3 is 0 Å². The number of carbonyl (C=O) groups is 2. The molecule has 1 aromatic rings. The zero-order valence-corrected chi connectivity index (χ0v) is 12.3. The molecule has 3 N–H and O–H groups in total. The Morgan fingerprint density at radius 2 is 2.00 bits per heavy atom. The standard InChI is InChI=1S/C14H18ClN3O2/c1-18(2)12(19)10-8-9(4-5-11(10)15)17-13(20)14(16)6-3-7-14/h4-5,8H,3,6-7,16H2,1-2H3,(H,17,20). The van der Waals surface area contributed by atoms with Crippen molar-refractivity contribution in [2.45, 2.75) is 24.8 Å². The number of nitrogens with zero attached hydrogens (tertiary/aromatic N) is 1. The molecule has 0 saturated heterocycles. The van der Waals surface area contributed by atoms with Crippen molar-refractivity contribution in [3.05, 3.63) is 28.8 Å². The number of rotatable bonds is 3. The van der Waals surface area contributed by atoms with Crippen molar-refractivity contribution in [3.63, 3.8) is 0 Å². The molecule has 2 amide bonds. The van der Waals surface area contributed by atoms with Gasteiger partial charge in [-0.2, -0.15) is 0 Å². The van der Waals surface area contributed by atoms with Gasteiger partial charge < -0.3 is 16.0 Å². The maximum absolute atomic E-state index is 12.1. The molecule has 0 atom stereocenters. The van der Waals surface area contributed by atoms with E-state index in [1.165, 1.54) is 4.90 Å². The van der Waals surface area contributed by atoms with Crippen LogP contribution >= 0.6 is 11.6 Å². The third-order valence-electron chi connectivity index (χ3n) is 3.56. The van der Waals surface area contributed by atoms with E-state index in [2.05, 4.69) is 5.32 Å². The minimum absolute atomic E-state index is 0.211. The number of nitrogens with two attached hydrogens (primary N) is 1. The monoisotopic (exact) mass is 295 g/mol. The summed E-state index contributed by atoms with van der Waals surface area (Å²) in [6.07, 6.45) is 2.35. The first-order valence-corrected chi connectivity index (χ1v) is 6.83. The van der Waals surface area contributed by atoms with Crippen LogP contribution < -0.4 is 11.1 Å². The van der Waals surface area contributed by atoms with Gasteiger partial charge in [0.05, 0.1) is 16.1 Å². The van der Waals surface area contributed by atoms with Crippen molar-refractivity contribution in [1.82, 2.24) is 4.90 Å². The number of carbonyl (C=O) groups excluding carboxylic acids is 2. The highest BCUT2D eigenvalue weighted by atomic mass is 35.5. The molecule has 1 fully saturated rings. The van der Waals surface area contributed by atoms with Gasteiger partial charge in [-0.05, 0) is 37.5 Å². The van der Waals surface area contributed by atoms with Gasteiger partial charge in [0.25, 0.3) is 5.91 Å². The van der Waals surface area contributed by atoms with Crippen molar-refractivity contribution in [3.8, 4) is 0 Å². The SMILES string of the molecule is CN(C)C(=O)c1cc(NC(=O)C2(N)CCC2)ccc1Cl. The number of nitrogens with one attached hydrogen (secondary N) is 1. The Morgan fingerprint density at radius 1 is 1.35 bits per heavy atom. The first-order valence-electron chi connectivity index (χ1n) is 6.45. The topological polar surface area (TPSA) is 75.4 Å². The van der Waals surface area contributed by atoms with Gasteiger partial charge in [0.1, 0.15) is 0 Å². The molecule has 20 heavy (non-hydrogen) atoms. The summed E-state index contributed by atoms with van der Waals surface area (Å²) in [5, 5.41) is 3.11. The summed E-state index contributed by atoms with van der Waals surface area (Å²) in [6, 6.07) is 4.83. The molecular formula is C14H18ClN3O2. The zero-order chi connectivity index (χ0) is 14.9. The van der Waals surface area contributed by atoms with Crippen molar-refractivity contribution in [2.75, 3.05) is 19.4 Å². The normalized spacial score (nSPS) is 16.2. The second kappa shape index (κ2) is 5.42. The third kappa shape index (κ3) is 2.78. The van der Waals surface area contributed by atoms with Crippen LogP contribution in [0.4, 0.5) is 5.69 Å². The lowest BCUT2D eigenvalue weighted by atomic mass is 9.77. The summed E-state index contributed by atoms with van der Waals surface area (Å²) in [5.41, 5.74) is 6.07. The van der Waals surface area contributed by atoms with Gasteiger partial charge in [-0.15, -0.1) is 0 Å². The molecule has 1 aromatic carbocycles. The number of anilines is 1. The van der Waals surface area contributed by atoms with Crippen LogP contribution in [0.3, 0.4) is 0 Å². The summed E-state index contributed by atoms with van der Waals surface area (Å²) in [4.78, 5) is 25.5. The molecule has 0 spiro atoms. The second-order valence-electron chi connectivity index (χ2n) is 5.36. The van der Waals surface area contributed by atoms with E-state index in [1.807, 2.05) is 0 Å². The number of benzene rings is 1. The van der Waals surface area contributed by atoms with Crippen LogP contribution in [-0.4, -0.2) is 36.3 Å². The Bertz CT molecular complexity index is 553. The molecule has 0 unspecified atom stereocenters. The fraction of sp³-hybridized carbons (Fsp3) is 0.429. The highest BCUT2D eigenvalue weighted by molar-refractivity contribution is 6.34. The van der Waals surface area contributed by atoms with Crippen LogP contribution in [0.2, 0.25) is 5.02 Å². The maximum atomic E-state index is 12.1. The van der Waals surface area contributed by atoms with Gasteiger partial charge in [-0.3, -0.25) is 9.59 Å². The third-order valence-corrected chi connectivity index (χ3v) is 3.89. The van der Waals surface area contributed by atoms with E-state index in [4.69, 9.17) is 17.3 Å². The summed E-state index contributed by atoms with van der Waals surface area (Å²) < 4.78 is 0. The van der Waals surface area contributed by atoms with Gasteiger partial charge in [-0.25, -0.2) is 0 Å². The van der Waals surface area contributed by atoms with Crippen molar-refractivity contribution >= 4 is 29.1 Å². The molecule has 0 aromatic heterocycles. The molecule has 6 heteroatoms. The van der Waals surface area contributed by atoms with E-state index in [-0.39, 0.29) is 11.8 Å². The smallest absolute Gasteiger partial charge is 0.254 e. The fourth-order valence-corrected chi connectivity index (χ4v) is 2.25. The lowest BCUT2D eigenvalue weighted by Gasteiger charge is -2.36. The molecule has 0 radical (unpaired) electrons. The van der Waals surface area contributed by atoms with Gasteiger partial charge in [0, 0.05) is 19.8 Å². The van der Waals surface area contributed by atoms with Crippen molar-refractivity contribution in [2.24, 2.45) is 5.73 Å². The van der Waals surface area contributed by atoms with E-state index >= 15 is 0 Å². The van der Waals surface area contributed by atoms with E-state index in [0.29, 0.717) is 29.1 Å². The Hall–Kier alpha value is -1.59. The molecule has 0 aliphatic heterocycles. The zero-order valence-electron chi connectivity index (χ0n) is 11.6. The van der Waals surface area contributed by atoms with Crippen LogP contribution in [0.15, 0.2) is 18.2 Å². The van der Waals surface area contributed by atoms with Crippen LogP contribution in [0.1, 0.15) is 29.6 Å². The Labute approximate surface area is 123 Å². The maximum Gasteiger partial charge on any atom is 0.254 e. The first-order chi connectivity index (χ1) is 9.33. The van der Waals surface area contributed by atoms with Crippen molar-refractivity contribution < 1.29 is 9.59 Å². The van der Waals surface area contributed by atoms with E-state index < -0.39 is 5.54 Å². The Kier molecular flexibility index (Phi) is 4.01. The van der Waals surface area contributed by atoms with E-state index in [1.54, 1.807) is 32.3 Å². The van der Waals surface area contributed by atoms with E-state index in [0.717, 1.165) is 6.42 Å². The molecule has 2 rings (SSSR count). The predicted octanol–water partition coefficient (Wildman–Crippen LogP) is 1.86. The average Bonchev–Trinajstić information content (AvgIpc) is 2.37. The fourth-order valence-electron chi connectivity index (χ4n) is 2.05. The highest BCUT2D eigenvalue weighted by Gasteiger charge is 2.40. The van der Waals surface area contributed by atoms with Crippen LogP contribution in [0.25, 0.3) is 0 Å². The predicted molar refractivity (Wildman–Crippen MR) is 78.9 cm³/mol. The summed E-state index contributed by atoms with van der Waals surface area (Å²) in [5.74, 6) is -0.425. The lowest BCUT2D eigenvalue weighted by Crippen LogP contribution is -2.56. The van der Waals surface area contributed by atoms with Crippen LogP contribution in [0.5, 0.6) is 0 Å². The molecular weight excluding hydrogens is 278 g/mol. The molecule has 108 valence electrons. The number of halogens is 1. The quantitative estimate of drug-likeness (QED) is 0.894. The lowest BCUT2D eigenvalue weighted by molar-refractivity contribution is -0.123. The minimum atomic E-state index is -0.772. The summed E-state index contributed by atoms with van der Waals surface area (Å²) in [6.45, 7) is 0. The summed E-state index contributed by atoms with van der Waals surface area (Å²) in [7, 11) is 3.29. The van der Waals surface area contributed by atoms with Gasteiger partial charge in [0.2, 0.25) is 5.91 Å². The van der Waals surface area contributed by atoms with Crippen LogP contribution in [-0.2, 0) is 4.79 Å². The molecule has 1 aliphatic carbocycles. The number of hydrogen-bond acceptors (Lipinski definition) is 3. The van der Waals surface area contributed by atoms with Crippen molar-refractivity contribution in [1.29, 1.82) is 0 Å². The highest BCUT2D eigenvalue weighted by Crippen LogP contribution is 2.30. The first kappa shape index (κ1) is 14.8. The Morgan fingerprint density at radius 3 is 2.50 bits per heavy atom. The van der Waals surface area contributed by atoms with Gasteiger partial charge in [0.15, 0.2) is 0 Å². The van der Waals surface area contributed by atoms with Crippen LogP contribution in [0, 0.1) is 0 Å². The minimum Gasteiger partial charge on any atom is -0.345 e. The number of amides is 2. The molecule has 1 aliphatic rings. The number of hydrogen-bond donors (Lipinski definition) is 2. The second-order valence-corrected chi connectivity index (χ2v) is 5.77. The molecule has 1 saturated carbocycles. The molecule has 0 bridgehead atoms.